The van der Waals surface area contributed by atoms with Crippen LogP contribution in [0.25, 0.3) is 10.9 Å². The van der Waals surface area contributed by atoms with Gasteiger partial charge in [-0.3, -0.25) is 0 Å². The zero-order valence-corrected chi connectivity index (χ0v) is 8.30. The predicted molar refractivity (Wildman–Crippen MR) is 55.0 cm³/mol. The van der Waals surface area contributed by atoms with Crippen LogP contribution in [0.2, 0.25) is 0 Å². The summed E-state index contributed by atoms with van der Waals surface area (Å²) in [6, 6.07) is 6.07. The van der Waals surface area contributed by atoms with Crippen LogP contribution in [0.5, 0.6) is 0 Å². The van der Waals surface area contributed by atoms with Gasteiger partial charge in [-0.25, -0.2) is 0 Å². The molecular formula is C9H9BrN2. The first-order chi connectivity index (χ1) is 5.68. The average Bonchev–Trinajstić information content (AvgIpc) is 2.35. The van der Waals surface area contributed by atoms with E-state index >= 15 is 0 Å². The third kappa shape index (κ3) is 1.01. The first-order valence-electron chi connectivity index (χ1n) is 3.68. The van der Waals surface area contributed by atoms with Crippen LogP contribution in [0.4, 0.5) is 5.69 Å². The van der Waals surface area contributed by atoms with E-state index in [1.54, 1.807) is 0 Å². The number of nitrogens with zero attached hydrogens (tertiary/aromatic N) is 1. The van der Waals surface area contributed by atoms with E-state index in [4.69, 9.17) is 5.73 Å². The fourth-order valence-electron chi connectivity index (χ4n) is 1.30. The van der Waals surface area contributed by atoms with Gasteiger partial charge in [-0.2, -0.15) is 0 Å². The van der Waals surface area contributed by atoms with Gasteiger partial charge in [-0.05, 0) is 34.1 Å². The zero-order chi connectivity index (χ0) is 8.72. The van der Waals surface area contributed by atoms with Crippen LogP contribution in [-0.2, 0) is 7.05 Å². The Labute approximate surface area is 79.1 Å². The molecule has 0 atom stereocenters. The first-order valence-corrected chi connectivity index (χ1v) is 4.48. The highest BCUT2D eigenvalue weighted by molar-refractivity contribution is 9.10. The Morgan fingerprint density at radius 2 is 2.17 bits per heavy atom. The third-order valence-corrected chi connectivity index (χ3v) is 2.69. The minimum atomic E-state index is 0.782. The van der Waals surface area contributed by atoms with Crippen molar-refractivity contribution in [2.24, 2.45) is 7.05 Å². The van der Waals surface area contributed by atoms with Crippen molar-refractivity contribution in [3.05, 3.63) is 28.9 Å². The van der Waals surface area contributed by atoms with Crippen molar-refractivity contribution >= 4 is 32.5 Å². The van der Waals surface area contributed by atoms with Gasteiger partial charge in [0.05, 0.1) is 0 Å². The molecule has 0 radical (unpaired) electrons. The lowest BCUT2D eigenvalue weighted by Crippen LogP contribution is -1.89. The molecule has 2 N–H and O–H groups in total. The summed E-state index contributed by atoms with van der Waals surface area (Å²) in [5.41, 5.74) is 7.70. The van der Waals surface area contributed by atoms with Gasteiger partial charge >= 0.3 is 0 Å². The van der Waals surface area contributed by atoms with Crippen LogP contribution >= 0.6 is 15.9 Å². The van der Waals surface area contributed by atoms with Crippen LogP contribution in [0.3, 0.4) is 0 Å². The first kappa shape index (κ1) is 7.68. The molecule has 1 aromatic carbocycles. The van der Waals surface area contributed by atoms with E-state index in [-0.39, 0.29) is 0 Å². The summed E-state index contributed by atoms with van der Waals surface area (Å²) in [6.45, 7) is 0. The predicted octanol–water partition coefficient (Wildman–Crippen LogP) is 2.52. The molecule has 0 aliphatic rings. The normalized spacial score (nSPS) is 10.8. The quantitative estimate of drug-likeness (QED) is 0.686. The van der Waals surface area contributed by atoms with Gasteiger partial charge in [0, 0.05) is 34.3 Å². The van der Waals surface area contributed by atoms with Gasteiger partial charge in [-0.1, -0.05) is 0 Å². The number of benzene rings is 1. The molecule has 0 unspecified atom stereocenters. The van der Waals surface area contributed by atoms with Gasteiger partial charge < -0.3 is 10.3 Å². The van der Waals surface area contributed by atoms with Crippen LogP contribution in [0.15, 0.2) is 28.9 Å². The Morgan fingerprint density at radius 3 is 2.92 bits per heavy atom. The summed E-state index contributed by atoms with van der Waals surface area (Å²) in [5, 5.41) is 1.21. The molecule has 0 fully saturated rings. The maximum absolute atomic E-state index is 5.75. The minimum absolute atomic E-state index is 0.782. The number of halogens is 1. The number of aryl methyl sites for hydroxylation is 1. The van der Waals surface area contributed by atoms with Gasteiger partial charge in [0.15, 0.2) is 0 Å². The second kappa shape index (κ2) is 2.52. The molecular weight excluding hydrogens is 216 g/mol. The molecule has 0 bridgehead atoms. The molecule has 0 spiro atoms. The summed E-state index contributed by atoms with van der Waals surface area (Å²) < 4.78 is 3.01. The number of rotatable bonds is 0. The Bertz CT molecular complexity index is 431. The molecule has 1 aromatic heterocycles. The number of nitrogen functional groups attached to an aromatic ring is 1. The summed E-state index contributed by atoms with van der Waals surface area (Å²) in [7, 11) is 2.01. The smallest absolute Gasteiger partial charge is 0.0499 e. The molecule has 0 aliphatic carbocycles. The SMILES string of the molecule is Cn1ccc2cc(Br)c(N)cc21. The molecule has 2 aromatic rings. The molecule has 2 rings (SSSR count). The number of nitrogens with two attached hydrogens (primary N) is 1. The molecule has 12 heavy (non-hydrogen) atoms. The van der Waals surface area contributed by atoms with Crippen LogP contribution in [-0.4, -0.2) is 4.57 Å². The molecule has 3 heteroatoms. The van der Waals surface area contributed by atoms with Gasteiger partial charge in [0.25, 0.3) is 0 Å². The monoisotopic (exact) mass is 224 g/mol. The van der Waals surface area contributed by atoms with Crippen LogP contribution in [0, 0.1) is 0 Å². The van der Waals surface area contributed by atoms with Crippen molar-refractivity contribution in [3.63, 3.8) is 0 Å². The van der Waals surface area contributed by atoms with Crippen molar-refractivity contribution in [2.45, 2.75) is 0 Å². The average molecular weight is 225 g/mol. The zero-order valence-electron chi connectivity index (χ0n) is 6.71. The molecule has 0 saturated heterocycles. The van der Waals surface area contributed by atoms with E-state index in [0.29, 0.717) is 0 Å². The van der Waals surface area contributed by atoms with E-state index in [2.05, 4.69) is 26.6 Å². The second-order valence-electron chi connectivity index (χ2n) is 2.86. The van der Waals surface area contributed by atoms with E-state index < -0.39 is 0 Å². The number of anilines is 1. The standard InChI is InChI=1S/C9H9BrN2/c1-12-3-2-6-4-7(10)8(11)5-9(6)12/h2-5H,11H2,1H3. The highest BCUT2D eigenvalue weighted by Crippen LogP contribution is 2.26. The lowest BCUT2D eigenvalue weighted by molar-refractivity contribution is 0.969. The van der Waals surface area contributed by atoms with Gasteiger partial charge in [0.1, 0.15) is 0 Å². The van der Waals surface area contributed by atoms with Crippen LogP contribution in [0.1, 0.15) is 0 Å². The maximum atomic E-state index is 5.75. The number of fused-ring (bicyclic) bond motifs is 1. The molecule has 0 aliphatic heterocycles. The molecule has 1 heterocycles. The van der Waals surface area contributed by atoms with E-state index in [9.17, 15) is 0 Å². The Hall–Kier alpha value is -0.960. The number of aromatic nitrogens is 1. The summed E-state index contributed by atoms with van der Waals surface area (Å²) in [5.74, 6) is 0. The number of hydrogen-bond donors (Lipinski definition) is 1. The van der Waals surface area contributed by atoms with Crippen molar-refractivity contribution in [3.8, 4) is 0 Å². The fourth-order valence-corrected chi connectivity index (χ4v) is 1.67. The molecule has 0 amide bonds. The topological polar surface area (TPSA) is 30.9 Å². The Balaban J connectivity index is 2.87. The largest absolute Gasteiger partial charge is 0.398 e. The van der Waals surface area contributed by atoms with E-state index in [0.717, 1.165) is 15.7 Å². The van der Waals surface area contributed by atoms with E-state index in [1.165, 1.54) is 5.39 Å². The van der Waals surface area contributed by atoms with Crippen LogP contribution < -0.4 is 5.73 Å². The highest BCUT2D eigenvalue weighted by Gasteiger charge is 2.01. The van der Waals surface area contributed by atoms with Crippen molar-refractivity contribution in [1.82, 2.24) is 4.57 Å². The van der Waals surface area contributed by atoms with Crippen molar-refractivity contribution < 1.29 is 0 Å². The van der Waals surface area contributed by atoms with Gasteiger partial charge in [0.2, 0.25) is 0 Å². The lowest BCUT2D eigenvalue weighted by atomic mass is 10.2. The fraction of sp³-hybridized carbons (Fsp3) is 0.111. The summed E-state index contributed by atoms with van der Waals surface area (Å²) in [4.78, 5) is 0. The summed E-state index contributed by atoms with van der Waals surface area (Å²) >= 11 is 3.39. The molecule has 62 valence electrons. The van der Waals surface area contributed by atoms with Crippen molar-refractivity contribution in [1.29, 1.82) is 0 Å². The number of hydrogen-bond acceptors (Lipinski definition) is 1. The highest BCUT2D eigenvalue weighted by atomic mass is 79.9. The Morgan fingerprint density at radius 1 is 1.42 bits per heavy atom. The Kier molecular flexibility index (Phi) is 1.61. The van der Waals surface area contributed by atoms with Crippen molar-refractivity contribution in [2.75, 3.05) is 5.73 Å². The molecule has 0 saturated carbocycles. The maximum Gasteiger partial charge on any atom is 0.0499 e. The lowest BCUT2D eigenvalue weighted by Gasteiger charge is -2.00. The summed E-state index contributed by atoms with van der Waals surface area (Å²) in [6.07, 6.45) is 2.02. The molecule has 2 nitrogen and oxygen atoms in total. The van der Waals surface area contributed by atoms with E-state index in [1.807, 2.05) is 25.4 Å². The third-order valence-electron chi connectivity index (χ3n) is 2.00. The second-order valence-corrected chi connectivity index (χ2v) is 3.71. The van der Waals surface area contributed by atoms with Gasteiger partial charge in [-0.15, -0.1) is 0 Å². The minimum Gasteiger partial charge on any atom is -0.398 e.